The zero-order chi connectivity index (χ0) is 12.3. The zero-order valence-corrected chi connectivity index (χ0v) is 11.3. The Labute approximate surface area is 106 Å². The molecule has 0 aliphatic rings. The van der Waals surface area contributed by atoms with Gasteiger partial charge in [0.25, 0.3) is 0 Å². The zero-order valence-electron chi connectivity index (χ0n) is 10.5. The van der Waals surface area contributed by atoms with E-state index in [4.69, 9.17) is 0 Å². The van der Waals surface area contributed by atoms with Gasteiger partial charge in [-0.25, -0.2) is 9.97 Å². The van der Waals surface area contributed by atoms with E-state index in [9.17, 15) is 0 Å². The summed E-state index contributed by atoms with van der Waals surface area (Å²) >= 11 is 1.63. The Bertz CT molecular complexity index is 472. The van der Waals surface area contributed by atoms with Crippen molar-refractivity contribution in [1.29, 1.82) is 0 Å². The van der Waals surface area contributed by atoms with Gasteiger partial charge in [0.05, 0.1) is 0 Å². The second-order valence-electron chi connectivity index (χ2n) is 4.22. The molecule has 0 spiro atoms. The smallest absolute Gasteiger partial charge is 0.183 e. The molecule has 0 saturated heterocycles. The first kappa shape index (κ1) is 12.1. The number of rotatable bonds is 5. The molecule has 1 N–H and O–H groups in total. The van der Waals surface area contributed by atoms with E-state index in [2.05, 4.69) is 46.0 Å². The van der Waals surface area contributed by atoms with E-state index in [-0.39, 0.29) is 0 Å². The summed E-state index contributed by atoms with van der Waals surface area (Å²) < 4.78 is 2.14. The molecule has 4 nitrogen and oxygen atoms in total. The monoisotopic (exact) mass is 250 g/mol. The average molecular weight is 250 g/mol. The topological polar surface area (TPSA) is 42.7 Å². The highest BCUT2D eigenvalue weighted by Crippen LogP contribution is 2.25. The Hall–Kier alpha value is -1.36. The molecule has 0 atom stereocenters. The maximum absolute atomic E-state index is 4.56. The van der Waals surface area contributed by atoms with E-state index in [1.165, 1.54) is 0 Å². The molecule has 0 saturated carbocycles. The predicted octanol–water partition coefficient (Wildman–Crippen LogP) is 3.41. The number of imidazole rings is 1. The van der Waals surface area contributed by atoms with Crippen LogP contribution in [0, 0.1) is 0 Å². The largest absolute Gasteiger partial charge is 0.362 e. The fourth-order valence-corrected chi connectivity index (χ4v) is 2.34. The second kappa shape index (κ2) is 5.31. The maximum Gasteiger partial charge on any atom is 0.183 e. The van der Waals surface area contributed by atoms with Gasteiger partial charge >= 0.3 is 0 Å². The van der Waals surface area contributed by atoms with Gasteiger partial charge in [0, 0.05) is 30.4 Å². The van der Waals surface area contributed by atoms with Gasteiger partial charge in [-0.05, 0) is 20.3 Å². The van der Waals surface area contributed by atoms with Crippen molar-refractivity contribution in [2.45, 2.75) is 33.2 Å². The standard InChI is InChI=1S/C12H18N4S/c1-4-5-14-12-15-10(8-17-12)11-13-6-7-16(11)9(2)3/h6-9H,4-5H2,1-3H3,(H,14,15). The minimum Gasteiger partial charge on any atom is -0.362 e. The number of hydrogen-bond acceptors (Lipinski definition) is 4. The fourth-order valence-electron chi connectivity index (χ4n) is 1.62. The molecule has 0 unspecified atom stereocenters. The first-order valence-corrected chi connectivity index (χ1v) is 6.83. The summed E-state index contributed by atoms with van der Waals surface area (Å²) in [4.78, 5) is 8.94. The molecule has 2 aromatic heterocycles. The molecule has 0 fully saturated rings. The van der Waals surface area contributed by atoms with E-state index in [0.717, 1.165) is 29.6 Å². The van der Waals surface area contributed by atoms with E-state index in [1.54, 1.807) is 11.3 Å². The normalized spacial score (nSPS) is 11.1. The molecule has 17 heavy (non-hydrogen) atoms. The van der Waals surface area contributed by atoms with E-state index in [1.807, 2.05) is 12.4 Å². The molecule has 0 bridgehead atoms. The van der Waals surface area contributed by atoms with Crippen LogP contribution >= 0.6 is 11.3 Å². The highest BCUT2D eigenvalue weighted by molar-refractivity contribution is 7.14. The highest BCUT2D eigenvalue weighted by atomic mass is 32.1. The van der Waals surface area contributed by atoms with Crippen molar-refractivity contribution in [2.24, 2.45) is 0 Å². The number of hydrogen-bond donors (Lipinski definition) is 1. The van der Waals surface area contributed by atoms with Gasteiger partial charge < -0.3 is 9.88 Å². The number of nitrogens with zero attached hydrogens (tertiary/aromatic N) is 3. The Kier molecular flexibility index (Phi) is 3.78. The number of nitrogens with one attached hydrogen (secondary N) is 1. The van der Waals surface area contributed by atoms with Crippen molar-refractivity contribution in [3.05, 3.63) is 17.8 Å². The van der Waals surface area contributed by atoms with Crippen molar-refractivity contribution in [3.8, 4) is 11.5 Å². The third kappa shape index (κ3) is 2.66. The third-order valence-electron chi connectivity index (χ3n) is 2.48. The average Bonchev–Trinajstić information content (AvgIpc) is 2.94. The fraction of sp³-hybridized carbons (Fsp3) is 0.500. The molecular formula is C12H18N4S. The molecule has 92 valence electrons. The van der Waals surface area contributed by atoms with Crippen LogP contribution in [0.3, 0.4) is 0 Å². The minimum atomic E-state index is 0.404. The van der Waals surface area contributed by atoms with Gasteiger partial charge in [0.2, 0.25) is 0 Å². The predicted molar refractivity (Wildman–Crippen MR) is 72.5 cm³/mol. The van der Waals surface area contributed by atoms with Crippen LogP contribution in [0.1, 0.15) is 33.2 Å². The van der Waals surface area contributed by atoms with Gasteiger partial charge in [-0.3, -0.25) is 0 Å². The van der Waals surface area contributed by atoms with Crippen LogP contribution in [-0.4, -0.2) is 21.1 Å². The van der Waals surface area contributed by atoms with Crippen LogP contribution in [0.5, 0.6) is 0 Å². The Balaban J connectivity index is 2.21. The quantitative estimate of drug-likeness (QED) is 0.884. The summed E-state index contributed by atoms with van der Waals surface area (Å²) in [5.74, 6) is 0.945. The van der Waals surface area contributed by atoms with E-state index >= 15 is 0 Å². The van der Waals surface area contributed by atoms with Gasteiger partial charge in [0.15, 0.2) is 11.0 Å². The number of aromatic nitrogens is 3. The Morgan fingerprint density at radius 2 is 2.29 bits per heavy atom. The highest BCUT2D eigenvalue weighted by Gasteiger charge is 2.11. The van der Waals surface area contributed by atoms with Gasteiger partial charge in [-0.1, -0.05) is 6.92 Å². The first-order chi connectivity index (χ1) is 8.22. The molecule has 5 heteroatoms. The molecular weight excluding hydrogens is 232 g/mol. The minimum absolute atomic E-state index is 0.404. The lowest BCUT2D eigenvalue weighted by molar-refractivity contribution is 0.605. The number of thiazole rings is 1. The van der Waals surface area contributed by atoms with Crippen LogP contribution < -0.4 is 5.32 Å². The van der Waals surface area contributed by atoms with Gasteiger partial charge in [-0.15, -0.1) is 11.3 Å². The maximum atomic E-state index is 4.56. The Morgan fingerprint density at radius 1 is 1.47 bits per heavy atom. The van der Waals surface area contributed by atoms with Crippen LogP contribution in [0.15, 0.2) is 17.8 Å². The summed E-state index contributed by atoms with van der Waals surface area (Å²) in [5, 5.41) is 6.32. The third-order valence-corrected chi connectivity index (χ3v) is 3.28. The first-order valence-electron chi connectivity index (χ1n) is 5.95. The van der Waals surface area contributed by atoms with Crippen molar-refractivity contribution >= 4 is 16.5 Å². The van der Waals surface area contributed by atoms with Crippen molar-refractivity contribution in [1.82, 2.24) is 14.5 Å². The lowest BCUT2D eigenvalue weighted by Crippen LogP contribution is -2.02. The number of anilines is 1. The lowest BCUT2D eigenvalue weighted by atomic mass is 10.3. The summed E-state index contributed by atoms with van der Waals surface area (Å²) in [6.07, 6.45) is 4.93. The molecule has 0 aromatic carbocycles. The SMILES string of the molecule is CCCNc1nc(-c2nccn2C(C)C)cs1. The molecule has 0 aliphatic heterocycles. The second-order valence-corrected chi connectivity index (χ2v) is 5.07. The molecule has 2 rings (SSSR count). The molecule has 2 heterocycles. The molecule has 0 aliphatic carbocycles. The Morgan fingerprint density at radius 3 is 3.00 bits per heavy atom. The molecule has 0 radical (unpaired) electrons. The summed E-state index contributed by atoms with van der Waals surface area (Å²) in [5.41, 5.74) is 0.951. The van der Waals surface area contributed by atoms with Crippen molar-refractivity contribution in [2.75, 3.05) is 11.9 Å². The van der Waals surface area contributed by atoms with E-state index < -0.39 is 0 Å². The van der Waals surface area contributed by atoms with Gasteiger partial charge in [0.1, 0.15) is 5.69 Å². The van der Waals surface area contributed by atoms with E-state index in [0.29, 0.717) is 6.04 Å². The van der Waals surface area contributed by atoms with Crippen molar-refractivity contribution in [3.63, 3.8) is 0 Å². The summed E-state index contributed by atoms with van der Waals surface area (Å²) in [6.45, 7) is 7.40. The molecule has 0 amide bonds. The van der Waals surface area contributed by atoms with Crippen LogP contribution in [0.25, 0.3) is 11.5 Å². The van der Waals surface area contributed by atoms with Gasteiger partial charge in [-0.2, -0.15) is 0 Å². The van der Waals surface area contributed by atoms with Crippen LogP contribution in [0.4, 0.5) is 5.13 Å². The molecule has 2 aromatic rings. The summed E-state index contributed by atoms with van der Waals surface area (Å²) in [7, 11) is 0. The lowest BCUT2D eigenvalue weighted by Gasteiger charge is -2.09. The van der Waals surface area contributed by atoms with Crippen LogP contribution in [-0.2, 0) is 0 Å². The summed E-state index contributed by atoms with van der Waals surface area (Å²) in [6, 6.07) is 0.404. The van der Waals surface area contributed by atoms with Crippen LogP contribution in [0.2, 0.25) is 0 Å². The van der Waals surface area contributed by atoms with Crippen molar-refractivity contribution < 1.29 is 0 Å².